The van der Waals surface area contributed by atoms with Gasteiger partial charge in [0.25, 0.3) is 0 Å². The van der Waals surface area contributed by atoms with Crippen LogP contribution in [-0.2, 0) is 7.05 Å². The van der Waals surface area contributed by atoms with Gasteiger partial charge in [0.15, 0.2) is 6.20 Å². The number of nitrogens with zero attached hydrogens (tertiary/aromatic N) is 3. The van der Waals surface area contributed by atoms with Crippen molar-refractivity contribution in [1.82, 2.24) is 9.38 Å². The first-order chi connectivity index (χ1) is 14.0. The molecule has 29 heavy (non-hydrogen) atoms. The van der Waals surface area contributed by atoms with Gasteiger partial charge in [-0.25, -0.2) is 4.57 Å². The van der Waals surface area contributed by atoms with Gasteiger partial charge < -0.3 is 4.40 Å². The number of aromatic nitrogens is 3. The third-order valence-corrected chi connectivity index (χ3v) is 6.76. The van der Waals surface area contributed by atoms with Crippen LogP contribution in [-0.4, -0.2) is 9.38 Å². The van der Waals surface area contributed by atoms with Gasteiger partial charge in [0, 0.05) is 23.0 Å². The Balaban J connectivity index is 2.10. The molecule has 0 aliphatic rings. The monoisotopic (exact) mass is 378 g/mol. The van der Waals surface area contributed by atoms with Gasteiger partial charge in [-0.1, -0.05) is 19.9 Å². The average molecular weight is 378 g/mol. The molecule has 0 aliphatic heterocycles. The minimum absolute atomic E-state index is 0.477. The van der Waals surface area contributed by atoms with E-state index in [0.29, 0.717) is 5.92 Å². The summed E-state index contributed by atoms with van der Waals surface area (Å²) >= 11 is 0. The number of rotatable bonds is 1. The fourth-order valence-electron chi connectivity index (χ4n) is 5.11. The van der Waals surface area contributed by atoms with Crippen molar-refractivity contribution in [3.8, 4) is 0 Å². The van der Waals surface area contributed by atoms with E-state index in [4.69, 9.17) is 0 Å². The minimum atomic E-state index is 0.477. The molecular formula is C26H24N3+. The van der Waals surface area contributed by atoms with Gasteiger partial charge in [-0.3, -0.25) is 4.98 Å². The molecule has 3 nitrogen and oxygen atoms in total. The van der Waals surface area contributed by atoms with Crippen LogP contribution < -0.4 is 4.57 Å². The molecule has 0 radical (unpaired) electrons. The molecule has 0 saturated carbocycles. The second-order valence-electron chi connectivity index (χ2n) is 8.75. The minimum Gasteiger partial charge on any atom is -0.306 e. The third-order valence-electron chi connectivity index (χ3n) is 6.76. The van der Waals surface area contributed by atoms with Gasteiger partial charge in [-0.2, -0.15) is 0 Å². The maximum Gasteiger partial charge on any atom is 0.224 e. The Morgan fingerprint density at radius 2 is 1.79 bits per heavy atom. The van der Waals surface area contributed by atoms with E-state index in [0.717, 1.165) is 0 Å². The van der Waals surface area contributed by atoms with Crippen molar-refractivity contribution >= 4 is 49.0 Å². The molecule has 6 aromatic rings. The predicted octanol–water partition coefficient (Wildman–Crippen LogP) is 5.95. The summed E-state index contributed by atoms with van der Waals surface area (Å²) in [6.07, 6.45) is 6.14. The van der Waals surface area contributed by atoms with Crippen molar-refractivity contribution in [2.24, 2.45) is 7.05 Å². The van der Waals surface area contributed by atoms with Gasteiger partial charge in [0.2, 0.25) is 5.52 Å². The normalized spacial score (nSPS) is 12.6. The molecule has 0 unspecified atom stereocenters. The molecule has 0 spiro atoms. The number of hydrogen-bond donors (Lipinski definition) is 0. The lowest BCUT2D eigenvalue weighted by atomic mass is 9.94. The van der Waals surface area contributed by atoms with Gasteiger partial charge in [-0.15, -0.1) is 0 Å². The molecule has 142 valence electrons. The van der Waals surface area contributed by atoms with Crippen LogP contribution in [0.5, 0.6) is 0 Å². The number of aryl methyl sites for hydroxylation is 3. The van der Waals surface area contributed by atoms with E-state index < -0.39 is 0 Å². The molecule has 0 fully saturated rings. The summed E-state index contributed by atoms with van der Waals surface area (Å²) < 4.78 is 4.75. The fourth-order valence-corrected chi connectivity index (χ4v) is 5.11. The van der Waals surface area contributed by atoms with Crippen LogP contribution in [0.15, 0.2) is 48.9 Å². The van der Waals surface area contributed by atoms with Crippen molar-refractivity contribution in [1.29, 1.82) is 0 Å². The SMILES string of the molecule is Cc1cc2c3ccncc3n3c4cc(C(C)C)cc5cc[n+](C)c(c(c1C)c23)c54. The fraction of sp³-hybridized carbons (Fsp3) is 0.231. The molecular weight excluding hydrogens is 354 g/mol. The molecule has 4 aromatic heterocycles. The van der Waals surface area contributed by atoms with E-state index in [9.17, 15) is 0 Å². The standard InChI is InChI=1S/C26H24N3/c1-14(2)18-11-17-7-9-28(5)26-23-16(4)15(3)10-20-19-6-8-27-13-22(19)29(25(20)23)21(12-18)24(17)26/h6-14H,1-5H3/q+1. The van der Waals surface area contributed by atoms with E-state index in [1.807, 2.05) is 12.4 Å². The van der Waals surface area contributed by atoms with Crippen molar-refractivity contribution < 1.29 is 4.57 Å². The van der Waals surface area contributed by atoms with Crippen LogP contribution in [0.25, 0.3) is 49.0 Å². The molecule has 3 heteroatoms. The van der Waals surface area contributed by atoms with Crippen LogP contribution in [0, 0.1) is 13.8 Å². The topological polar surface area (TPSA) is 21.2 Å². The zero-order chi connectivity index (χ0) is 20.0. The lowest BCUT2D eigenvalue weighted by Crippen LogP contribution is -2.29. The van der Waals surface area contributed by atoms with Gasteiger partial charge in [0.1, 0.15) is 7.05 Å². The second kappa shape index (κ2) is 5.44. The molecule has 0 N–H and O–H groups in total. The maximum absolute atomic E-state index is 4.48. The predicted molar refractivity (Wildman–Crippen MR) is 121 cm³/mol. The molecule has 0 aliphatic carbocycles. The molecule has 2 aromatic carbocycles. The van der Waals surface area contributed by atoms with Crippen LogP contribution >= 0.6 is 0 Å². The van der Waals surface area contributed by atoms with Crippen LogP contribution in [0.2, 0.25) is 0 Å². The highest BCUT2D eigenvalue weighted by Crippen LogP contribution is 2.42. The quantitative estimate of drug-likeness (QED) is 0.197. The molecule has 6 rings (SSSR count). The highest BCUT2D eigenvalue weighted by Gasteiger charge is 2.25. The summed E-state index contributed by atoms with van der Waals surface area (Å²) in [4.78, 5) is 4.48. The van der Waals surface area contributed by atoms with Gasteiger partial charge >= 0.3 is 0 Å². The Bertz CT molecular complexity index is 1600. The first-order valence-corrected chi connectivity index (χ1v) is 10.3. The largest absolute Gasteiger partial charge is 0.306 e. The number of benzene rings is 2. The smallest absolute Gasteiger partial charge is 0.224 e. The molecule has 0 saturated heterocycles. The Hall–Kier alpha value is -3.20. The summed E-state index contributed by atoms with van der Waals surface area (Å²) in [5, 5.41) is 6.60. The highest BCUT2D eigenvalue weighted by atomic mass is 15.0. The van der Waals surface area contributed by atoms with E-state index in [2.05, 4.69) is 85.2 Å². The van der Waals surface area contributed by atoms with Crippen molar-refractivity contribution in [3.05, 3.63) is 65.6 Å². The average Bonchev–Trinajstić information content (AvgIpc) is 3.04. The van der Waals surface area contributed by atoms with Gasteiger partial charge in [-0.05, 0) is 60.0 Å². The Kier molecular flexibility index (Phi) is 3.14. The van der Waals surface area contributed by atoms with Crippen LogP contribution in [0.3, 0.4) is 0 Å². The van der Waals surface area contributed by atoms with Crippen LogP contribution in [0.4, 0.5) is 0 Å². The Morgan fingerprint density at radius 3 is 2.59 bits per heavy atom. The lowest BCUT2D eigenvalue weighted by Gasteiger charge is -2.16. The van der Waals surface area contributed by atoms with Crippen molar-refractivity contribution in [2.75, 3.05) is 0 Å². The Labute approximate surface area is 169 Å². The summed E-state index contributed by atoms with van der Waals surface area (Å²) in [5.74, 6) is 0.477. The molecule has 0 bridgehead atoms. The van der Waals surface area contributed by atoms with Crippen LogP contribution in [0.1, 0.15) is 36.5 Å². The zero-order valence-corrected chi connectivity index (χ0v) is 17.5. The summed E-state index contributed by atoms with van der Waals surface area (Å²) in [6.45, 7) is 9.03. The van der Waals surface area contributed by atoms with E-state index in [-0.39, 0.29) is 0 Å². The second-order valence-corrected chi connectivity index (χ2v) is 8.75. The molecule has 0 amide bonds. The Morgan fingerprint density at radius 1 is 0.966 bits per heavy atom. The van der Waals surface area contributed by atoms with Crippen molar-refractivity contribution in [3.63, 3.8) is 0 Å². The summed E-state index contributed by atoms with van der Waals surface area (Å²) in [7, 11) is 2.17. The van der Waals surface area contributed by atoms with E-state index in [1.165, 1.54) is 65.7 Å². The van der Waals surface area contributed by atoms with E-state index in [1.54, 1.807) is 0 Å². The number of hydrogen-bond acceptors (Lipinski definition) is 1. The maximum atomic E-state index is 4.48. The first-order valence-electron chi connectivity index (χ1n) is 10.3. The lowest BCUT2D eigenvalue weighted by molar-refractivity contribution is -0.643. The third kappa shape index (κ3) is 1.97. The highest BCUT2D eigenvalue weighted by molar-refractivity contribution is 6.26. The summed E-state index contributed by atoms with van der Waals surface area (Å²) in [6, 6.07) is 11.5. The van der Waals surface area contributed by atoms with E-state index >= 15 is 0 Å². The molecule has 4 heterocycles. The summed E-state index contributed by atoms with van der Waals surface area (Å²) in [5.41, 5.74) is 9.17. The first kappa shape index (κ1) is 16.7. The zero-order valence-electron chi connectivity index (χ0n) is 17.5. The molecule has 0 atom stereocenters. The van der Waals surface area contributed by atoms with Gasteiger partial charge in [0.05, 0.1) is 33.5 Å². The number of fused-ring (bicyclic) bond motifs is 5. The number of pyridine rings is 3. The van der Waals surface area contributed by atoms with Crippen molar-refractivity contribution in [2.45, 2.75) is 33.6 Å².